The number of hydrogen-bond acceptors (Lipinski definition) is 5. The molecule has 1 amide bonds. The molecule has 0 aliphatic carbocycles. The van der Waals surface area contributed by atoms with Gasteiger partial charge >= 0.3 is 5.97 Å². The summed E-state index contributed by atoms with van der Waals surface area (Å²) in [7, 11) is 0. The van der Waals surface area contributed by atoms with Gasteiger partial charge in [-0.2, -0.15) is 0 Å². The van der Waals surface area contributed by atoms with Crippen LogP contribution in [0.15, 0.2) is 24.3 Å². The maximum absolute atomic E-state index is 12.5. The molecule has 0 bridgehead atoms. The first-order valence-electron chi connectivity index (χ1n) is 31.1. The molecule has 2 atom stereocenters. The van der Waals surface area contributed by atoms with Crippen molar-refractivity contribution in [3.05, 3.63) is 24.3 Å². The van der Waals surface area contributed by atoms with E-state index in [1.807, 2.05) is 0 Å². The summed E-state index contributed by atoms with van der Waals surface area (Å²) >= 11 is 0. The Morgan fingerprint density at radius 3 is 1.16 bits per heavy atom. The van der Waals surface area contributed by atoms with Crippen molar-refractivity contribution < 1.29 is 24.5 Å². The third-order valence-corrected chi connectivity index (χ3v) is 14.5. The summed E-state index contributed by atoms with van der Waals surface area (Å²) in [6.07, 6.45) is 71.8. The van der Waals surface area contributed by atoms with E-state index in [-0.39, 0.29) is 18.5 Å². The summed E-state index contributed by atoms with van der Waals surface area (Å²) in [5.41, 5.74) is 0. The van der Waals surface area contributed by atoms with Crippen molar-refractivity contribution in [1.29, 1.82) is 0 Å². The standard InChI is InChI=1S/C63H121NO5/c1-3-5-7-9-11-13-15-17-18-19-20-21-22-23-24-25-28-32-35-39-43-47-51-55-61(66)60(59-65)64-62(67)56-52-48-44-40-36-33-29-26-27-30-34-38-42-46-50-54-58-69-63(68)57-53-49-45-41-37-31-16-14-12-10-8-6-4-2/h8,10,14,16,60-61,65-66H,3-7,9,11-13,15,17-59H2,1-2H3,(H,64,67)/b10-8-,16-14-. The Balaban J connectivity index is 3.43. The lowest BCUT2D eigenvalue weighted by Crippen LogP contribution is -2.45. The van der Waals surface area contributed by atoms with Gasteiger partial charge in [0.25, 0.3) is 0 Å². The minimum absolute atomic E-state index is 0.0114. The number of allylic oxidation sites excluding steroid dienone is 4. The summed E-state index contributed by atoms with van der Waals surface area (Å²) in [4.78, 5) is 24.6. The largest absolute Gasteiger partial charge is 0.466 e. The van der Waals surface area contributed by atoms with Gasteiger partial charge in [-0.15, -0.1) is 0 Å². The highest BCUT2D eigenvalue weighted by Crippen LogP contribution is 2.18. The Bertz CT molecular complexity index is 1080. The molecule has 0 heterocycles. The highest BCUT2D eigenvalue weighted by atomic mass is 16.5. The van der Waals surface area contributed by atoms with Crippen molar-refractivity contribution >= 4 is 11.9 Å². The molecule has 6 heteroatoms. The van der Waals surface area contributed by atoms with Crippen molar-refractivity contribution in [2.45, 2.75) is 353 Å². The Labute approximate surface area is 431 Å². The molecule has 6 nitrogen and oxygen atoms in total. The Hall–Kier alpha value is -1.66. The summed E-state index contributed by atoms with van der Waals surface area (Å²) in [5, 5.41) is 23.4. The van der Waals surface area contributed by atoms with E-state index in [0.717, 1.165) is 57.8 Å². The highest BCUT2D eigenvalue weighted by Gasteiger charge is 2.20. The molecule has 0 aromatic heterocycles. The van der Waals surface area contributed by atoms with Crippen LogP contribution in [0.5, 0.6) is 0 Å². The van der Waals surface area contributed by atoms with Gasteiger partial charge in [0.05, 0.1) is 25.4 Å². The molecule has 0 radical (unpaired) electrons. The number of esters is 1. The lowest BCUT2D eigenvalue weighted by molar-refractivity contribution is -0.143. The third kappa shape index (κ3) is 55.5. The third-order valence-electron chi connectivity index (χ3n) is 14.5. The van der Waals surface area contributed by atoms with E-state index in [1.54, 1.807) is 0 Å². The van der Waals surface area contributed by atoms with E-state index in [2.05, 4.69) is 43.5 Å². The van der Waals surface area contributed by atoms with Crippen molar-refractivity contribution in [2.75, 3.05) is 13.2 Å². The molecule has 0 saturated heterocycles. The molecular weight excluding hydrogens is 851 g/mol. The van der Waals surface area contributed by atoms with Crippen LogP contribution in [0.1, 0.15) is 341 Å². The maximum atomic E-state index is 12.5. The summed E-state index contributed by atoms with van der Waals surface area (Å²) < 4.78 is 5.46. The van der Waals surface area contributed by atoms with Crippen LogP contribution in [0.4, 0.5) is 0 Å². The molecule has 0 spiro atoms. The molecule has 408 valence electrons. The number of carbonyl (C=O) groups is 2. The zero-order chi connectivity index (χ0) is 50.0. The molecule has 69 heavy (non-hydrogen) atoms. The van der Waals surface area contributed by atoms with Gasteiger partial charge in [-0.1, -0.05) is 301 Å². The van der Waals surface area contributed by atoms with E-state index in [1.165, 1.54) is 250 Å². The highest BCUT2D eigenvalue weighted by molar-refractivity contribution is 5.76. The lowest BCUT2D eigenvalue weighted by Gasteiger charge is -2.22. The first-order chi connectivity index (χ1) is 34.0. The van der Waals surface area contributed by atoms with Crippen LogP contribution in [-0.2, 0) is 14.3 Å². The predicted molar refractivity (Wildman–Crippen MR) is 301 cm³/mol. The summed E-state index contributed by atoms with van der Waals surface area (Å²) in [6, 6.07) is -0.548. The Morgan fingerprint density at radius 1 is 0.406 bits per heavy atom. The van der Waals surface area contributed by atoms with Gasteiger partial charge in [-0.3, -0.25) is 9.59 Å². The number of unbranched alkanes of at least 4 members (excludes halogenated alkanes) is 43. The quantitative estimate of drug-likeness (QED) is 0.0321. The average Bonchev–Trinajstić information content (AvgIpc) is 3.35. The first-order valence-corrected chi connectivity index (χ1v) is 31.1. The number of nitrogens with one attached hydrogen (secondary N) is 1. The molecule has 0 rings (SSSR count). The molecular formula is C63H121NO5. The molecule has 0 aromatic carbocycles. The fourth-order valence-electron chi connectivity index (χ4n) is 9.74. The number of aliphatic hydroxyl groups is 2. The Morgan fingerprint density at radius 2 is 0.754 bits per heavy atom. The van der Waals surface area contributed by atoms with Crippen LogP contribution < -0.4 is 5.32 Å². The smallest absolute Gasteiger partial charge is 0.305 e. The number of carbonyl (C=O) groups excluding carboxylic acids is 2. The van der Waals surface area contributed by atoms with Gasteiger partial charge in [-0.05, 0) is 51.4 Å². The molecule has 3 N–H and O–H groups in total. The number of hydrogen-bond donors (Lipinski definition) is 3. The van der Waals surface area contributed by atoms with Crippen LogP contribution >= 0.6 is 0 Å². The molecule has 0 saturated carbocycles. The van der Waals surface area contributed by atoms with Crippen molar-refractivity contribution in [2.24, 2.45) is 0 Å². The Kier molecular flexibility index (Phi) is 57.5. The predicted octanol–water partition coefficient (Wildman–Crippen LogP) is 19.4. The summed E-state index contributed by atoms with van der Waals surface area (Å²) in [6.45, 7) is 4.89. The first kappa shape index (κ1) is 67.3. The zero-order valence-corrected chi connectivity index (χ0v) is 46.6. The van der Waals surface area contributed by atoms with Crippen molar-refractivity contribution in [1.82, 2.24) is 5.32 Å². The maximum Gasteiger partial charge on any atom is 0.305 e. The van der Waals surface area contributed by atoms with Gasteiger partial charge in [0.15, 0.2) is 0 Å². The minimum atomic E-state index is -0.670. The molecule has 0 aliphatic rings. The fourth-order valence-corrected chi connectivity index (χ4v) is 9.74. The minimum Gasteiger partial charge on any atom is -0.466 e. The second-order valence-corrected chi connectivity index (χ2v) is 21.4. The van der Waals surface area contributed by atoms with E-state index >= 15 is 0 Å². The van der Waals surface area contributed by atoms with Gasteiger partial charge in [0.1, 0.15) is 0 Å². The molecule has 2 unspecified atom stereocenters. The molecule has 0 aromatic rings. The van der Waals surface area contributed by atoms with Crippen LogP contribution in [0, 0.1) is 0 Å². The van der Waals surface area contributed by atoms with Crippen molar-refractivity contribution in [3.8, 4) is 0 Å². The SMILES string of the molecule is CCC/C=C\C/C=C\CCCCCCCC(=O)OCCCCCCCCCCCCCCCCCCC(=O)NC(CO)C(O)CCCCCCCCCCCCCCCCCCCCCCCCC. The van der Waals surface area contributed by atoms with Gasteiger partial charge in [0.2, 0.25) is 5.91 Å². The zero-order valence-electron chi connectivity index (χ0n) is 46.6. The van der Waals surface area contributed by atoms with Crippen LogP contribution in [0.3, 0.4) is 0 Å². The second-order valence-electron chi connectivity index (χ2n) is 21.4. The normalized spacial score (nSPS) is 12.7. The van der Waals surface area contributed by atoms with Crippen LogP contribution in [-0.4, -0.2) is 47.4 Å². The van der Waals surface area contributed by atoms with Crippen LogP contribution in [0.2, 0.25) is 0 Å². The number of amides is 1. The second kappa shape index (κ2) is 58.9. The van der Waals surface area contributed by atoms with E-state index in [0.29, 0.717) is 25.9 Å². The van der Waals surface area contributed by atoms with E-state index in [4.69, 9.17) is 4.74 Å². The lowest BCUT2D eigenvalue weighted by atomic mass is 10.0. The summed E-state index contributed by atoms with van der Waals surface area (Å²) in [5.74, 6) is -0.0500. The van der Waals surface area contributed by atoms with Gasteiger partial charge in [-0.25, -0.2) is 0 Å². The number of rotatable bonds is 58. The van der Waals surface area contributed by atoms with Gasteiger partial charge < -0.3 is 20.3 Å². The topological polar surface area (TPSA) is 95.9 Å². The molecule has 0 aliphatic heterocycles. The monoisotopic (exact) mass is 972 g/mol. The van der Waals surface area contributed by atoms with Crippen molar-refractivity contribution in [3.63, 3.8) is 0 Å². The van der Waals surface area contributed by atoms with E-state index < -0.39 is 12.1 Å². The average molecular weight is 973 g/mol. The fraction of sp³-hybridized carbons (Fsp3) is 0.905. The van der Waals surface area contributed by atoms with Gasteiger partial charge in [0, 0.05) is 12.8 Å². The van der Waals surface area contributed by atoms with Crippen LogP contribution in [0.25, 0.3) is 0 Å². The number of aliphatic hydroxyl groups excluding tert-OH is 2. The molecule has 0 fully saturated rings. The van der Waals surface area contributed by atoms with E-state index in [9.17, 15) is 19.8 Å². The number of ether oxygens (including phenoxy) is 1.